The van der Waals surface area contributed by atoms with Gasteiger partial charge in [0.15, 0.2) is 0 Å². The highest BCUT2D eigenvalue weighted by molar-refractivity contribution is 6.06. The van der Waals surface area contributed by atoms with Gasteiger partial charge >= 0.3 is 5.97 Å². The molecule has 0 aromatic carbocycles. The van der Waals surface area contributed by atoms with Crippen LogP contribution in [0.2, 0.25) is 0 Å². The van der Waals surface area contributed by atoms with Crippen LogP contribution in [0.4, 0.5) is 0 Å². The minimum atomic E-state index is -0.805. The predicted octanol–water partition coefficient (Wildman–Crippen LogP) is 3.33. The molecule has 0 radical (unpaired) electrons. The highest BCUT2D eigenvalue weighted by Crippen LogP contribution is 2.39. The summed E-state index contributed by atoms with van der Waals surface area (Å²) in [5, 5.41) is 37.2. The first-order valence-electron chi connectivity index (χ1n) is 8.57. The van der Waals surface area contributed by atoms with Gasteiger partial charge in [-0.25, -0.2) is 4.79 Å². The summed E-state index contributed by atoms with van der Waals surface area (Å²) in [7, 11) is 0. The van der Waals surface area contributed by atoms with Gasteiger partial charge in [-0.2, -0.15) is 15.8 Å². The van der Waals surface area contributed by atoms with Gasteiger partial charge in [-0.05, 0) is 30.6 Å². The van der Waals surface area contributed by atoms with Crippen LogP contribution in [0.3, 0.4) is 0 Å². The van der Waals surface area contributed by atoms with Crippen LogP contribution in [0.15, 0.2) is 27.9 Å². The van der Waals surface area contributed by atoms with E-state index in [1.54, 1.807) is 24.1 Å². The van der Waals surface area contributed by atoms with E-state index in [2.05, 4.69) is 20.8 Å². The number of allylic oxidation sites excluding steroid dienone is 3. The molecule has 2 aliphatic carbocycles. The van der Waals surface area contributed by atoms with Gasteiger partial charge in [-0.3, -0.25) is 5.87 Å². The summed E-state index contributed by atoms with van der Waals surface area (Å²) in [5.41, 5.74) is -1.25. The Bertz CT molecular complexity index is 867. The molecule has 3 atom stereocenters. The molecule has 1 saturated carbocycles. The van der Waals surface area contributed by atoms with Crippen LogP contribution in [-0.2, 0) is 9.53 Å². The topological polar surface area (TPSA) is 120 Å². The molecule has 1 unspecified atom stereocenters. The lowest BCUT2D eigenvalue weighted by atomic mass is 9.75. The Balaban J connectivity index is 2.40. The van der Waals surface area contributed by atoms with Crippen molar-refractivity contribution in [1.82, 2.24) is 0 Å². The van der Waals surface area contributed by atoms with Gasteiger partial charge in [0.2, 0.25) is 0 Å². The van der Waals surface area contributed by atoms with Crippen molar-refractivity contribution in [3.8, 4) is 18.2 Å². The highest BCUT2D eigenvalue weighted by Gasteiger charge is 2.38. The Morgan fingerprint density at radius 3 is 2.23 bits per heavy atom. The second-order valence-corrected chi connectivity index (χ2v) is 7.09. The maximum Gasteiger partial charge on any atom is 0.341 e. The van der Waals surface area contributed by atoms with E-state index in [0.717, 1.165) is 19.3 Å². The lowest BCUT2D eigenvalue weighted by Gasteiger charge is -2.36. The number of carbonyl (C=O) groups excluding carboxylic acids is 1. The molecule has 6 heteroatoms. The SMILES string of the molecule is CC(C)[C@H]1CC[C@H](C)CC1OC(=O)C1=C(C#N)C(C#N)=C(C#N)C1=C=[N-]. The Labute approximate surface area is 153 Å². The number of esters is 1. The van der Waals surface area contributed by atoms with E-state index in [0.29, 0.717) is 11.8 Å². The van der Waals surface area contributed by atoms with E-state index < -0.39 is 5.97 Å². The number of nitrogens with zero attached hydrogens (tertiary/aromatic N) is 4. The van der Waals surface area contributed by atoms with Crippen LogP contribution in [0, 0.1) is 51.7 Å². The van der Waals surface area contributed by atoms with Crippen LogP contribution in [-0.4, -0.2) is 17.9 Å². The zero-order chi connectivity index (χ0) is 19.4. The van der Waals surface area contributed by atoms with Crippen LogP contribution in [0.1, 0.15) is 40.0 Å². The van der Waals surface area contributed by atoms with Crippen LogP contribution in [0.25, 0.3) is 5.41 Å². The van der Waals surface area contributed by atoms with Crippen LogP contribution >= 0.6 is 0 Å². The molecule has 0 saturated heterocycles. The normalized spacial score (nSPS) is 25.4. The van der Waals surface area contributed by atoms with Crippen molar-refractivity contribution < 1.29 is 9.53 Å². The lowest BCUT2D eigenvalue weighted by Crippen LogP contribution is -2.36. The third-order valence-corrected chi connectivity index (χ3v) is 5.12. The second kappa shape index (κ2) is 7.83. The number of hydrogen-bond donors (Lipinski definition) is 0. The smallest absolute Gasteiger partial charge is 0.341 e. The monoisotopic (exact) mass is 347 g/mol. The van der Waals surface area contributed by atoms with E-state index in [4.69, 9.17) is 4.74 Å². The van der Waals surface area contributed by atoms with Gasteiger partial charge in [0, 0.05) is 5.57 Å². The Kier molecular flexibility index (Phi) is 5.78. The number of carbonyl (C=O) groups is 1. The van der Waals surface area contributed by atoms with Gasteiger partial charge in [0.05, 0.1) is 22.3 Å². The molecule has 2 aliphatic rings. The fourth-order valence-electron chi connectivity index (χ4n) is 3.72. The number of nitriles is 3. The van der Waals surface area contributed by atoms with Crippen molar-refractivity contribution in [2.24, 2.45) is 17.8 Å². The molecule has 0 N–H and O–H groups in total. The minimum Gasteiger partial charge on any atom is -0.763 e. The summed E-state index contributed by atoms with van der Waals surface area (Å²) in [6.45, 7) is 6.25. The summed E-state index contributed by atoms with van der Waals surface area (Å²) in [5.74, 6) is 1.92. The quantitative estimate of drug-likeness (QED) is 0.572. The molecule has 26 heavy (non-hydrogen) atoms. The van der Waals surface area contributed by atoms with Crippen molar-refractivity contribution in [2.45, 2.75) is 46.1 Å². The lowest BCUT2D eigenvalue weighted by molar-refractivity contribution is -0.150. The number of hydrogen-bond acceptors (Lipinski definition) is 5. The van der Waals surface area contributed by atoms with E-state index in [9.17, 15) is 26.0 Å². The van der Waals surface area contributed by atoms with Gasteiger partial charge < -0.3 is 10.1 Å². The first-order valence-corrected chi connectivity index (χ1v) is 8.57. The van der Waals surface area contributed by atoms with Crippen LogP contribution in [0.5, 0.6) is 0 Å². The number of ether oxygens (including phenoxy) is 1. The minimum absolute atomic E-state index is 0.201. The van der Waals surface area contributed by atoms with E-state index in [1.807, 2.05) is 0 Å². The molecule has 132 valence electrons. The fraction of sp³-hybridized carbons (Fsp3) is 0.500. The third kappa shape index (κ3) is 3.31. The molecule has 0 aliphatic heterocycles. The van der Waals surface area contributed by atoms with E-state index in [1.165, 1.54) is 0 Å². The average molecular weight is 347 g/mol. The third-order valence-electron chi connectivity index (χ3n) is 5.12. The van der Waals surface area contributed by atoms with Crippen LogP contribution < -0.4 is 0 Å². The summed E-state index contributed by atoms with van der Waals surface area (Å²) >= 11 is 0. The van der Waals surface area contributed by atoms with Gasteiger partial charge in [-0.1, -0.05) is 27.2 Å². The average Bonchev–Trinajstić information content (AvgIpc) is 2.93. The van der Waals surface area contributed by atoms with Gasteiger partial charge in [0.1, 0.15) is 24.3 Å². The standard InChI is InChI=1S/C20H19N4O2/c1-11(2)13-5-4-12(3)6-18(13)26-20(25)19-16(9-23)14(7-21)15(8-22)17(19)10-24/h11-13,18H,4-6H2,1-3H3/q-1/t12-,13+,18?/m0/s1. The zero-order valence-corrected chi connectivity index (χ0v) is 15.0. The molecular weight excluding hydrogens is 328 g/mol. The molecular formula is C20H19N4O2-. The Hall–Kier alpha value is -3.13. The summed E-state index contributed by atoms with van der Waals surface area (Å²) in [6.07, 6.45) is 2.42. The molecule has 0 aromatic rings. The Morgan fingerprint density at radius 1 is 1.12 bits per heavy atom. The van der Waals surface area contributed by atoms with Crippen molar-refractivity contribution in [1.29, 1.82) is 15.8 Å². The molecule has 6 nitrogen and oxygen atoms in total. The highest BCUT2D eigenvalue weighted by atomic mass is 16.5. The molecule has 1 fully saturated rings. The maximum atomic E-state index is 12.8. The van der Waals surface area contributed by atoms with Gasteiger partial charge in [0.25, 0.3) is 0 Å². The van der Waals surface area contributed by atoms with E-state index in [-0.39, 0.29) is 39.9 Å². The van der Waals surface area contributed by atoms with Crippen molar-refractivity contribution in [3.05, 3.63) is 33.3 Å². The molecule has 2 rings (SSSR count). The van der Waals surface area contributed by atoms with Crippen molar-refractivity contribution >= 4 is 11.8 Å². The first kappa shape index (κ1) is 19.2. The Morgan fingerprint density at radius 2 is 1.73 bits per heavy atom. The fourth-order valence-corrected chi connectivity index (χ4v) is 3.72. The van der Waals surface area contributed by atoms with E-state index >= 15 is 0 Å². The number of rotatable bonds is 3. The zero-order valence-electron chi connectivity index (χ0n) is 15.0. The van der Waals surface area contributed by atoms with Gasteiger partial charge in [-0.15, -0.1) is 0 Å². The summed E-state index contributed by atoms with van der Waals surface area (Å²) < 4.78 is 5.70. The molecule has 0 aromatic heterocycles. The summed E-state index contributed by atoms with van der Waals surface area (Å²) in [4.78, 5) is 12.8. The molecule has 0 spiro atoms. The molecule has 0 bridgehead atoms. The second-order valence-electron chi connectivity index (χ2n) is 7.09. The van der Waals surface area contributed by atoms with Crippen molar-refractivity contribution in [2.75, 3.05) is 0 Å². The first-order chi connectivity index (χ1) is 12.4. The summed E-state index contributed by atoms with van der Waals surface area (Å²) in [6, 6.07) is 5.28. The largest absolute Gasteiger partial charge is 0.763 e. The molecule has 0 amide bonds. The predicted molar refractivity (Wildman–Crippen MR) is 94.0 cm³/mol. The molecule has 0 heterocycles. The van der Waals surface area contributed by atoms with Crippen molar-refractivity contribution in [3.63, 3.8) is 0 Å². The maximum absolute atomic E-state index is 12.8.